The highest BCUT2D eigenvalue weighted by Crippen LogP contribution is 2.14. The van der Waals surface area contributed by atoms with Crippen LogP contribution < -0.4 is 15.8 Å². The van der Waals surface area contributed by atoms with Crippen LogP contribution >= 0.6 is 0 Å². The molecule has 1 rings (SSSR count). The van der Waals surface area contributed by atoms with E-state index in [1.807, 2.05) is 13.8 Å². The van der Waals surface area contributed by atoms with Crippen LogP contribution in [0.15, 0.2) is 12.3 Å². The van der Waals surface area contributed by atoms with Gasteiger partial charge < -0.3 is 15.8 Å². The van der Waals surface area contributed by atoms with Crippen molar-refractivity contribution in [1.29, 1.82) is 0 Å². The van der Waals surface area contributed by atoms with Crippen LogP contribution in [0.25, 0.3) is 0 Å². The van der Waals surface area contributed by atoms with Crippen LogP contribution in [0.1, 0.15) is 27.7 Å². The van der Waals surface area contributed by atoms with Crippen LogP contribution in [0, 0.1) is 5.41 Å². The Balaban J connectivity index is 2.60. The van der Waals surface area contributed by atoms with Crippen molar-refractivity contribution < 1.29 is 4.74 Å². The minimum Gasteiger partial charge on any atom is -0.475 e. The highest BCUT2D eigenvalue weighted by molar-refractivity contribution is 5.27. The van der Waals surface area contributed by atoms with Crippen LogP contribution in [0.5, 0.6) is 5.88 Å². The maximum atomic E-state index is 5.66. The fourth-order valence-electron chi connectivity index (χ4n) is 1.12. The molecule has 5 nitrogen and oxygen atoms in total. The molecule has 0 aromatic carbocycles. The van der Waals surface area contributed by atoms with E-state index in [4.69, 9.17) is 10.5 Å². The number of hydrogen-bond acceptors (Lipinski definition) is 5. The van der Waals surface area contributed by atoms with Gasteiger partial charge in [0.05, 0.1) is 6.10 Å². The minimum absolute atomic E-state index is 0.0261. The number of nitrogens with two attached hydrogens (primary N) is 1. The molecule has 1 aromatic rings. The number of nitrogens with one attached hydrogen (secondary N) is 1. The van der Waals surface area contributed by atoms with Crippen molar-refractivity contribution in [3.63, 3.8) is 0 Å². The summed E-state index contributed by atoms with van der Waals surface area (Å²) in [6, 6.07) is 1.75. The second kappa shape index (κ2) is 5.82. The van der Waals surface area contributed by atoms with Gasteiger partial charge in [-0.2, -0.15) is 4.98 Å². The number of rotatable bonds is 6. The van der Waals surface area contributed by atoms with E-state index in [1.54, 1.807) is 12.3 Å². The molecule has 0 aliphatic carbocycles. The third-order valence-electron chi connectivity index (χ3n) is 2.26. The van der Waals surface area contributed by atoms with Crippen LogP contribution in [-0.2, 0) is 0 Å². The van der Waals surface area contributed by atoms with Crippen molar-refractivity contribution in [1.82, 2.24) is 9.97 Å². The van der Waals surface area contributed by atoms with E-state index in [2.05, 4.69) is 29.1 Å². The molecule has 0 unspecified atom stereocenters. The average Bonchev–Trinajstić information content (AvgIpc) is 2.26. The molecule has 17 heavy (non-hydrogen) atoms. The van der Waals surface area contributed by atoms with Gasteiger partial charge in [-0.05, 0) is 25.8 Å². The van der Waals surface area contributed by atoms with Gasteiger partial charge in [0.2, 0.25) is 11.8 Å². The molecule has 0 amide bonds. The van der Waals surface area contributed by atoms with E-state index in [9.17, 15) is 0 Å². The van der Waals surface area contributed by atoms with Gasteiger partial charge >= 0.3 is 0 Å². The Morgan fingerprint density at radius 3 is 2.76 bits per heavy atom. The predicted octanol–water partition coefficient (Wildman–Crippen LogP) is 1.66. The summed E-state index contributed by atoms with van der Waals surface area (Å²) in [5.41, 5.74) is 5.69. The van der Waals surface area contributed by atoms with Crippen molar-refractivity contribution in [2.75, 3.05) is 18.4 Å². The monoisotopic (exact) mass is 238 g/mol. The molecule has 0 atom stereocenters. The molecule has 0 saturated heterocycles. The van der Waals surface area contributed by atoms with Gasteiger partial charge in [0.1, 0.15) is 0 Å². The molecule has 0 saturated carbocycles. The smallest absolute Gasteiger partial charge is 0.225 e. The van der Waals surface area contributed by atoms with E-state index in [0.717, 1.165) is 6.54 Å². The third-order valence-corrected chi connectivity index (χ3v) is 2.26. The highest BCUT2D eigenvalue weighted by atomic mass is 16.5. The average molecular weight is 238 g/mol. The van der Waals surface area contributed by atoms with Gasteiger partial charge in [-0.15, -0.1) is 0 Å². The Hall–Kier alpha value is -1.36. The van der Waals surface area contributed by atoms with E-state index >= 15 is 0 Å². The molecule has 0 aliphatic rings. The summed E-state index contributed by atoms with van der Waals surface area (Å²) >= 11 is 0. The lowest BCUT2D eigenvalue weighted by molar-refractivity contribution is 0.232. The highest BCUT2D eigenvalue weighted by Gasteiger charge is 2.15. The van der Waals surface area contributed by atoms with Crippen LogP contribution in [0.2, 0.25) is 0 Å². The van der Waals surface area contributed by atoms with Gasteiger partial charge in [0.25, 0.3) is 0 Å². The van der Waals surface area contributed by atoms with Gasteiger partial charge in [-0.3, -0.25) is 0 Å². The fourth-order valence-corrected chi connectivity index (χ4v) is 1.12. The Morgan fingerprint density at radius 1 is 1.47 bits per heavy atom. The molecule has 5 heteroatoms. The molecule has 0 radical (unpaired) electrons. The Bertz CT molecular complexity index is 352. The topological polar surface area (TPSA) is 73.1 Å². The predicted molar refractivity (Wildman–Crippen MR) is 69.1 cm³/mol. The largest absolute Gasteiger partial charge is 0.475 e. The molecule has 0 spiro atoms. The zero-order valence-electron chi connectivity index (χ0n) is 11.0. The number of anilines is 1. The SMILES string of the molecule is CC(C)Oc1ccnc(NCC(C)(C)CN)n1. The van der Waals surface area contributed by atoms with Gasteiger partial charge in [-0.1, -0.05) is 13.8 Å². The van der Waals surface area contributed by atoms with Crippen molar-refractivity contribution in [3.8, 4) is 5.88 Å². The lowest BCUT2D eigenvalue weighted by Crippen LogP contribution is -2.31. The molecular weight excluding hydrogens is 216 g/mol. The lowest BCUT2D eigenvalue weighted by Gasteiger charge is -2.22. The lowest BCUT2D eigenvalue weighted by atomic mass is 9.94. The van der Waals surface area contributed by atoms with E-state index in [1.165, 1.54) is 0 Å². The summed E-state index contributed by atoms with van der Waals surface area (Å²) in [6.07, 6.45) is 1.79. The molecule has 1 heterocycles. The third kappa shape index (κ3) is 4.99. The summed E-state index contributed by atoms with van der Waals surface area (Å²) in [7, 11) is 0. The maximum Gasteiger partial charge on any atom is 0.225 e. The Kier molecular flexibility index (Phi) is 4.69. The van der Waals surface area contributed by atoms with Crippen molar-refractivity contribution in [2.24, 2.45) is 11.1 Å². The van der Waals surface area contributed by atoms with Crippen molar-refractivity contribution >= 4 is 5.95 Å². The van der Waals surface area contributed by atoms with Crippen LogP contribution in [-0.4, -0.2) is 29.2 Å². The molecule has 1 aromatic heterocycles. The zero-order chi connectivity index (χ0) is 12.9. The van der Waals surface area contributed by atoms with Crippen molar-refractivity contribution in [3.05, 3.63) is 12.3 Å². The quantitative estimate of drug-likeness (QED) is 0.788. The summed E-state index contributed by atoms with van der Waals surface area (Å²) in [6.45, 7) is 9.46. The first-order valence-corrected chi connectivity index (χ1v) is 5.86. The molecule has 0 aliphatic heterocycles. The van der Waals surface area contributed by atoms with E-state index in [0.29, 0.717) is 18.4 Å². The molecule has 96 valence electrons. The molecule has 3 N–H and O–H groups in total. The number of ether oxygens (including phenoxy) is 1. The summed E-state index contributed by atoms with van der Waals surface area (Å²) in [5.74, 6) is 1.16. The molecule has 0 bridgehead atoms. The van der Waals surface area contributed by atoms with Gasteiger partial charge in [0, 0.05) is 18.8 Å². The summed E-state index contributed by atoms with van der Waals surface area (Å²) in [5, 5.41) is 3.17. The minimum atomic E-state index is 0.0261. The molecular formula is C12H22N4O. The standard InChI is InChI=1S/C12H22N4O/c1-9(2)17-10-5-6-14-11(16-10)15-8-12(3,4)7-13/h5-6,9H,7-8,13H2,1-4H3,(H,14,15,16). The number of aromatic nitrogens is 2. The van der Waals surface area contributed by atoms with Gasteiger partial charge in [-0.25, -0.2) is 4.98 Å². The zero-order valence-corrected chi connectivity index (χ0v) is 11.0. The van der Waals surface area contributed by atoms with Crippen LogP contribution in [0.4, 0.5) is 5.95 Å². The Morgan fingerprint density at radius 2 is 2.18 bits per heavy atom. The Labute approximate surface area is 103 Å². The number of hydrogen-bond donors (Lipinski definition) is 2. The van der Waals surface area contributed by atoms with E-state index < -0.39 is 0 Å². The second-order valence-corrected chi connectivity index (χ2v) is 5.11. The first kappa shape index (κ1) is 13.7. The van der Waals surface area contributed by atoms with Crippen LogP contribution in [0.3, 0.4) is 0 Å². The maximum absolute atomic E-state index is 5.66. The van der Waals surface area contributed by atoms with Crippen molar-refractivity contribution in [2.45, 2.75) is 33.8 Å². The second-order valence-electron chi connectivity index (χ2n) is 5.11. The first-order valence-electron chi connectivity index (χ1n) is 5.86. The normalized spacial score (nSPS) is 11.6. The summed E-state index contributed by atoms with van der Waals surface area (Å²) in [4.78, 5) is 8.41. The molecule has 0 fully saturated rings. The van der Waals surface area contributed by atoms with E-state index in [-0.39, 0.29) is 11.5 Å². The number of nitrogens with zero attached hydrogens (tertiary/aromatic N) is 2. The van der Waals surface area contributed by atoms with Gasteiger partial charge in [0.15, 0.2) is 0 Å². The summed E-state index contributed by atoms with van der Waals surface area (Å²) < 4.78 is 5.50. The fraction of sp³-hybridized carbons (Fsp3) is 0.667. The first-order chi connectivity index (χ1) is 7.93.